The molecule has 3 aromatic carbocycles. The zero-order chi connectivity index (χ0) is 21.3. The van der Waals surface area contributed by atoms with E-state index in [4.69, 9.17) is 34.8 Å². The lowest BCUT2D eigenvalue weighted by Gasteiger charge is -2.07. The smallest absolute Gasteiger partial charge is 0.295 e. The fourth-order valence-electron chi connectivity index (χ4n) is 2.90. The highest BCUT2D eigenvalue weighted by Crippen LogP contribution is 2.28. The van der Waals surface area contributed by atoms with Gasteiger partial charge in [-0.3, -0.25) is 4.79 Å². The van der Waals surface area contributed by atoms with Crippen molar-refractivity contribution < 1.29 is 4.79 Å². The molecule has 0 spiro atoms. The predicted molar refractivity (Wildman–Crippen MR) is 121 cm³/mol. The van der Waals surface area contributed by atoms with Crippen LogP contribution in [0, 0.1) is 6.92 Å². The van der Waals surface area contributed by atoms with Gasteiger partial charge in [-0.15, -0.1) is 5.10 Å². The Morgan fingerprint density at radius 1 is 0.900 bits per heavy atom. The van der Waals surface area contributed by atoms with Crippen molar-refractivity contribution in [1.29, 1.82) is 0 Å². The molecule has 0 bridgehead atoms. The van der Waals surface area contributed by atoms with Gasteiger partial charge in [0.05, 0.1) is 15.7 Å². The molecule has 1 heterocycles. The van der Waals surface area contributed by atoms with E-state index in [1.54, 1.807) is 41.1 Å². The average molecular weight is 458 g/mol. The molecule has 0 fully saturated rings. The Hall–Kier alpha value is -2.86. The molecule has 0 unspecified atom stereocenters. The maximum atomic E-state index is 12.9. The van der Waals surface area contributed by atoms with Crippen molar-refractivity contribution >= 4 is 46.4 Å². The quantitative estimate of drug-likeness (QED) is 0.383. The predicted octanol–water partition coefficient (Wildman–Crippen LogP) is 6.46. The van der Waals surface area contributed by atoms with E-state index in [-0.39, 0.29) is 5.82 Å². The molecule has 1 amide bonds. The van der Waals surface area contributed by atoms with Crippen LogP contribution in [0.15, 0.2) is 66.7 Å². The number of anilines is 1. The van der Waals surface area contributed by atoms with Crippen LogP contribution in [-0.2, 0) is 0 Å². The highest BCUT2D eigenvalue weighted by Gasteiger charge is 2.20. The molecule has 0 radical (unpaired) electrons. The van der Waals surface area contributed by atoms with Gasteiger partial charge in [0.2, 0.25) is 5.82 Å². The summed E-state index contributed by atoms with van der Waals surface area (Å²) in [4.78, 5) is 17.4. The van der Waals surface area contributed by atoms with Crippen LogP contribution in [0.25, 0.3) is 17.1 Å². The van der Waals surface area contributed by atoms with E-state index in [0.29, 0.717) is 32.3 Å². The largest absolute Gasteiger partial charge is 0.319 e. The van der Waals surface area contributed by atoms with E-state index >= 15 is 0 Å². The van der Waals surface area contributed by atoms with E-state index in [1.165, 1.54) is 0 Å². The fraction of sp³-hybridized carbons (Fsp3) is 0.0455. The van der Waals surface area contributed by atoms with Gasteiger partial charge in [0.1, 0.15) is 0 Å². The Kier molecular flexibility index (Phi) is 5.77. The van der Waals surface area contributed by atoms with Crippen LogP contribution in [0.1, 0.15) is 16.2 Å². The van der Waals surface area contributed by atoms with Gasteiger partial charge in [0, 0.05) is 16.3 Å². The lowest BCUT2D eigenvalue weighted by Crippen LogP contribution is -2.15. The van der Waals surface area contributed by atoms with Crippen molar-refractivity contribution in [3.05, 3.63) is 93.2 Å². The zero-order valence-electron chi connectivity index (χ0n) is 15.7. The van der Waals surface area contributed by atoms with Crippen molar-refractivity contribution in [3.63, 3.8) is 0 Å². The van der Waals surface area contributed by atoms with Crippen LogP contribution in [0.2, 0.25) is 15.1 Å². The Labute approximate surface area is 188 Å². The standard InChI is InChI=1S/C22H15Cl3N4O/c1-13-16(23)8-5-9-19(13)26-22(30)20-27-21(14-6-3-2-4-7-14)29(28-20)15-10-11-17(24)18(25)12-15/h2-12H,1H3,(H,26,30). The fourth-order valence-corrected chi connectivity index (χ4v) is 3.37. The molecule has 4 aromatic rings. The van der Waals surface area contributed by atoms with Crippen molar-refractivity contribution in [2.24, 2.45) is 0 Å². The molecule has 5 nitrogen and oxygen atoms in total. The number of halogens is 3. The lowest BCUT2D eigenvalue weighted by molar-refractivity contribution is 0.101. The van der Waals surface area contributed by atoms with E-state index in [0.717, 1.165) is 11.1 Å². The number of hydrogen-bond donors (Lipinski definition) is 1. The zero-order valence-corrected chi connectivity index (χ0v) is 18.0. The summed E-state index contributed by atoms with van der Waals surface area (Å²) in [6.45, 7) is 1.83. The lowest BCUT2D eigenvalue weighted by atomic mass is 10.2. The van der Waals surface area contributed by atoms with Gasteiger partial charge in [-0.2, -0.15) is 0 Å². The molecule has 1 aromatic heterocycles. The van der Waals surface area contributed by atoms with Gasteiger partial charge in [-0.1, -0.05) is 71.2 Å². The Morgan fingerprint density at radius 2 is 1.67 bits per heavy atom. The summed E-state index contributed by atoms with van der Waals surface area (Å²) in [6.07, 6.45) is 0. The van der Waals surface area contributed by atoms with Crippen molar-refractivity contribution in [1.82, 2.24) is 14.8 Å². The second-order valence-electron chi connectivity index (χ2n) is 6.50. The minimum absolute atomic E-state index is 0.0132. The number of nitrogens with one attached hydrogen (secondary N) is 1. The van der Waals surface area contributed by atoms with E-state index in [9.17, 15) is 4.79 Å². The summed E-state index contributed by atoms with van der Waals surface area (Å²) < 4.78 is 1.57. The van der Waals surface area contributed by atoms with Gasteiger partial charge in [0.25, 0.3) is 5.91 Å². The van der Waals surface area contributed by atoms with Crippen LogP contribution in [0.3, 0.4) is 0 Å². The third-order valence-corrected chi connectivity index (χ3v) is 5.65. The van der Waals surface area contributed by atoms with Gasteiger partial charge in [-0.05, 0) is 42.8 Å². The molecule has 0 aliphatic rings. The first-order valence-electron chi connectivity index (χ1n) is 8.98. The number of amides is 1. The molecule has 0 aliphatic carbocycles. The van der Waals surface area contributed by atoms with Gasteiger partial charge in [0.15, 0.2) is 5.82 Å². The Morgan fingerprint density at radius 3 is 2.40 bits per heavy atom. The molecule has 150 valence electrons. The van der Waals surface area contributed by atoms with Crippen LogP contribution in [0.5, 0.6) is 0 Å². The van der Waals surface area contributed by atoms with E-state index in [2.05, 4.69) is 15.4 Å². The summed E-state index contributed by atoms with van der Waals surface area (Å²) in [7, 11) is 0. The van der Waals surface area contributed by atoms with Crippen molar-refractivity contribution in [2.75, 3.05) is 5.32 Å². The highest BCUT2D eigenvalue weighted by atomic mass is 35.5. The SMILES string of the molecule is Cc1c(Cl)cccc1NC(=O)c1nc(-c2ccccc2)n(-c2ccc(Cl)c(Cl)c2)n1. The van der Waals surface area contributed by atoms with E-state index < -0.39 is 5.91 Å². The first-order chi connectivity index (χ1) is 14.4. The maximum absolute atomic E-state index is 12.9. The number of hydrogen-bond acceptors (Lipinski definition) is 3. The molecule has 0 saturated heterocycles. The number of aromatic nitrogens is 3. The number of carbonyl (C=O) groups is 1. The van der Waals surface area contributed by atoms with Gasteiger partial charge < -0.3 is 5.32 Å². The topological polar surface area (TPSA) is 59.8 Å². The molecule has 8 heteroatoms. The first-order valence-corrected chi connectivity index (χ1v) is 10.1. The highest BCUT2D eigenvalue weighted by molar-refractivity contribution is 6.42. The Bertz CT molecular complexity index is 1240. The van der Waals surface area contributed by atoms with Gasteiger partial charge in [-0.25, -0.2) is 9.67 Å². The minimum Gasteiger partial charge on any atom is -0.319 e. The average Bonchev–Trinajstić information content (AvgIpc) is 3.20. The number of nitrogens with zero attached hydrogens (tertiary/aromatic N) is 3. The molecule has 4 rings (SSSR count). The monoisotopic (exact) mass is 456 g/mol. The third-order valence-electron chi connectivity index (χ3n) is 4.51. The summed E-state index contributed by atoms with van der Waals surface area (Å²) in [5.74, 6) is 0.0672. The summed E-state index contributed by atoms with van der Waals surface area (Å²) >= 11 is 18.4. The second-order valence-corrected chi connectivity index (χ2v) is 7.72. The molecular formula is C22H15Cl3N4O. The Balaban J connectivity index is 1.78. The summed E-state index contributed by atoms with van der Waals surface area (Å²) in [6, 6.07) is 19.9. The van der Waals surface area contributed by atoms with E-state index in [1.807, 2.05) is 37.3 Å². The van der Waals surface area contributed by atoms with Crippen molar-refractivity contribution in [3.8, 4) is 17.1 Å². The van der Waals surface area contributed by atoms with Crippen LogP contribution < -0.4 is 5.32 Å². The summed E-state index contributed by atoms with van der Waals surface area (Å²) in [5.41, 5.74) is 2.79. The molecule has 0 saturated carbocycles. The number of benzene rings is 3. The maximum Gasteiger partial charge on any atom is 0.295 e. The molecular weight excluding hydrogens is 443 g/mol. The molecule has 30 heavy (non-hydrogen) atoms. The molecule has 0 atom stereocenters. The van der Waals surface area contributed by atoms with Crippen molar-refractivity contribution in [2.45, 2.75) is 6.92 Å². The van der Waals surface area contributed by atoms with Crippen LogP contribution >= 0.6 is 34.8 Å². The van der Waals surface area contributed by atoms with Crippen LogP contribution in [-0.4, -0.2) is 20.7 Å². The molecule has 0 aliphatic heterocycles. The number of carbonyl (C=O) groups excluding carboxylic acids is 1. The third kappa shape index (κ3) is 4.05. The van der Waals surface area contributed by atoms with Gasteiger partial charge >= 0.3 is 0 Å². The normalized spacial score (nSPS) is 10.8. The van der Waals surface area contributed by atoms with Crippen LogP contribution in [0.4, 0.5) is 5.69 Å². The second kappa shape index (κ2) is 8.48. The molecule has 1 N–H and O–H groups in total. The summed E-state index contributed by atoms with van der Waals surface area (Å²) in [5, 5.41) is 8.63. The minimum atomic E-state index is -0.448. The first kappa shape index (κ1) is 20.4. The number of rotatable bonds is 4.